The Morgan fingerprint density at radius 2 is 2.29 bits per heavy atom. The van der Waals surface area contributed by atoms with Crippen molar-refractivity contribution < 1.29 is 19.7 Å². The highest BCUT2D eigenvalue weighted by Crippen LogP contribution is 2.33. The number of aliphatic hydroxyl groups is 2. The summed E-state index contributed by atoms with van der Waals surface area (Å²) in [5.41, 5.74) is 0. The molecule has 2 rings (SSSR count). The van der Waals surface area contributed by atoms with E-state index < -0.39 is 11.9 Å². The number of rotatable bonds is 4. The maximum atomic E-state index is 9.19. The van der Waals surface area contributed by atoms with Crippen LogP contribution in [0, 0.1) is 0 Å². The second-order valence-electron chi connectivity index (χ2n) is 3.82. The average Bonchev–Trinajstić information content (AvgIpc) is 2.95. The van der Waals surface area contributed by atoms with Crippen molar-refractivity contribution in [3.63, 3.8) is 0 Å². The number of hydrogen-bond donors (Lipinski definition) is 2. The molecule has 0 aliphatic carbocycles. The predicted octanol–water partition coefficient (Wildman–Crippen LogP) is 0.729. The van der Waals surface area contributed by atoms with Crippen molar-refractivity contribution in [2.45, 2.75) is 18.8 Å². The van der Waals surface area contributed by atoms with Crippen molar-refractivity contribution >= 4 is 17.4 Å². The van der Waals surface area contributed by atoms with E-state index in [-0.39, 0.29) is 6.61 Å². The number of thiazole rings is 1. The molecule has 1 saturated heterocycles. The highest BCUT2D eigenvalue weighted by atomic mass is 32.1. The van der Waals surface area contributed by atoms with Gasteiger partial charge in [-0.3, -0.25) is 0 Å². The van der Waals surface area contributed by atoms with Crippen LogP contribution in [0.5, 0.6) is 0 Å². The van der Waals surface area contributed by atoms with Gasteiger partial charge in [-0.25, -0.2) is 4.98 Å². The topological polar surface area (TPSA) is 71.8 Å². The molecule has 1 aliphatic heterocycles. The number of ether oxygens (including phenoxy) is 2. The first-order chi connectivity index (χ1) is 8.14. The molecule has 1 fully saturated rings. The molecule has 6 heteroatoms. The largest absolute Gasteiger partial charge is 0.393 e. The summed E-state index contributed by atoms with van der Waals surface area (Å²) in [6, 6.07) is 0. The second kappa shape index (κ2) is 5.24. The molecule has 0 bridgehead atoms. The van der Waals surface area contributed by atoms with Gasteiger partial charge >= 0.3 is 0 Å². The third-order valence-corrected chi connectivity index (χ3v) is 3.57. The fraction of sp³-hybridized carbons (Fsp3) is 0.545. The van der Waals surface area contributed by atoms with Crippen molar-refractivity contribution in [2.24, 2.45) is 0 Å². The lowest BCUT2D eigenvalue weighted by Crippen LogP contribution is -2.21. The van der Waals surface area contributed by atoms with Crippen LogP contribution in [0.2, 0.25) is 0 Å². The lowest BCUT2D eigenvalue weighted by Gasteiger charge is -2.18. The van der Waals surface area contributed by atoms with Crippen LogP contribution in [-0.2, 0) is 15.3 Å². The molecule has 2 N–H and O–H groups in total. The van der Waals surface area contributed by atoms with Crippen LogP contribution in [0.4, 0.5) is 0 Å². The normalized spacial score (nSPS) is 21.1. The van der Waals surface area contributed by atoms with Gasteiger partial charge in [0.2, 0.25) is 5.79 Å². The zero-order chi connectivity index (χ0) is 12.3. The fourth-order valence-corrected chi connectivity index (χ4v) is 2.36. The van der Waals surface area contributed by atoms with Crippen LogP contribution < -0.4 is 0 Å². The summed E-state index contributed by atoms with van der Waals surface area (Å²) in [6.07, 6.45) is 4.10. The Balaban J connectivity index is 2.08. The van der Waals surface area contributed by atoms with Crippen molar-refractivity contribution in [3.8, 4) is 0 Å². The van der Waals surface area contributed by atoms with Crippen LogP contribution in [-0.4, -0.2) is 41.1 Å². The Labute approximate surface area is 103 Å². The Hall–Kier alpha value is -0.790. The van der Waals surface area contributed by atoms with Gasteiger partial charge in [-0.05, 0) is 13.0 Å². The minimum atomic E-state index is -0.838. The summed E-state index contributed by atoms with van der Waals surface area (Å²) >= 11 is 1.44. The minimum Gasteiger partial charge on any atom is -0.393 e. The Morgan fingerprint density at radius 3 is 2.94 bits per heavy atom. The number of nitrogens with zero attached hydrogens (tertiary/aromatic N) is 1. The molecule has 0 spiro atoms. The highest BCUT2D eigenvalue weighted by Gasteiger charge is 2.36. The van der Waals surface area contributed by atoms with Gasteiger partial charge in [0.05, 0.1) is 25.9 Å². The third-order valence-electron chi connectivity index (χ3n) is 2.42. The van der Waals surface area contributed by atoms with Crippen molar-refractivity contribution in [1.82, 2.24) is 4.98 Å². The van der Waals surface area contributed by atoms with Gasteiger partial charge < -0.3 is 19.7 Å². The van der Waals surface area contributed by atoms with Gasteiger partial charge in [-0.15, -0.1) is 11.3 Å². The summed E-state index contributed by atoms with van der Waals surface area (Å²) < 4.78 is 11.0. The third kappa shape index (κ3) is 2.91. The molecule has 0 radical (unpaired) electrons. The molecule has 1 aromatic rings. The van der Waals surface area contributed by atoms with Gasteiger partial charge in [0.15, 0.2) is 5.01 Å². The summed E-state index contributed by atoms with van der Waals surface area (Å²) in [6.45, 7) is 2.70. The average molecular weight is 257 g/mol. The number of hydrogen-bond acceptors (Lipinski definition) is 6. The molecule has 0 amide bonds. The van der Waals surface area contributed by atoms with E-state index in [1.165, 1.54) is 17.4 Å². The summed E-state index contributed by atoms with van der Waals surface area (Å²) in [7, 11) is 0. The molecular formula is C11H15NO4S. The van der Waals surface area contributed by atoms with E-state index in [1.54, 1.807) is 12.3 Å². The maximum Gasteiger partial charge on any atom is 0.219 e. The fourth-order valence-electron chi connectivity index (χ4n) is 1.48. The summed E-state index contributed by atoms with van der Waals surface area (Å²) in [5.74, 6) is -0.744. The minimum absolute atomic E-state index is 0.286. The van der Waals surface area contributed by atoms with Crippen molar-refractivity contribution in [3.05, 3.63) is 22.2 Å². The quantitative estimate of drug-likeness (QED) is 0.832. The molecule has 2 heterocycles. The second-order valence-corrected chi connectivity index (χ2v) is 4.88. The molecule has 94 valence electrons. The zero-order valence-corrected chi connectivity index (χ0v) is 10.3. The molecule has 1 aliphatic rings. The molecule has 17 heavy (non-hydrogen) atoms. The Bertz CT molecular complexity index is 398. The molecular weight excluding hydrogens is 242 g/mol. The summed E-state index contributed by atoms with van der Waals surface area (Å²) in [5, 5.41) is 18.6. The zero-order valence-electron chi connectivity index (χ0n) is 9.50. The first kappa shape index (κ1) is 12.7. The SMILES string of the molecule is CC1(c2ncc(C=C[C@H](O)CO)s2)OCCO1. The molecule has 1 aromatic heterocycles. The van der Waals surface area contributed by atoms with E-state index in [0.717, 1.165) is 9.88 Å². The van der Waals surface area contributed by atoms with Crippen LogP contribution in [0.3, 0.4) is 0 Å². The number of aromatic nitrogens is 1. The van der Waals surface area contributed by atoms with Crippen molar-refractivity contribution in [1.29, 1.82) is 0 Å². The van der Waals surface area contributed by atoms with Gasteiger partial charge in [-0.2, -0.15) is 0 Å². The first-order valence-electron chi connectivity index (χ1n) is 5.35. The van der Waals surface area contributed by atoms with E-state index in [4.69, 9.17) is 14.6 Å². The van der Waals surface area contributed by atoms with Crippen LogP contribution in [0.25, 0.3) is 6.08 Å². The van der Waals surface area contributed by atoms with Crippen LogP contribution in [0.15, 0.2) is 12.3 Å². The van der Waals surface area contributed by atoms with Crippen molar-refractivity contribution in [2.75, 3.05) is 19.8 Å². The lowest BCUT2D eigenvalue weighted by atomic mass is 10.3. The van der Waals surface area contributed by atoms with Gasteiger partial charge in [0.1, 0.15) is 0 Å². The van der Waals surface area contributed by atoms with Crippen LogP contribution >= 0.6 is 11.3 Å². The van der Waals surface area contributed by atoms with E-state index in [9.17, 15) is 5.11 Å². The van der Waals surface area contributed by atoms with Crippen LogP contribution in [0.1, 0.15) is 16.8 Å². The highest BCUT2D eigenvalue weighted by molar-refractivity contribution is 7.12. The summed E-state index contributed by atoms with van der Waals surface area (Å²) in [4.78, 5) is 5.13. The predicted molar refractivity (Wildman–Crippen MR) is 63.5 cm³/mol. The van der Waals surface area contributed by atoms with E-state index in [2.05, 4.69) is 4.98 Å². The smallest absolute Gasteiger partial charge is 0.219 e. The van der Waals surface area contributed by atoms with Gasteiger partial charge in [0.25, 0.3) is 0 Å². The standard InChI is InChI=1S/C11H15NO4S/c1-11(15-4-5-16-11)10-12-6-9(17-10)3-2-8(14)7-13/h2-3,6,8,13-14H,4-5,7H2,1H3/t8-/m0/s1. The lowest BCUT2D eigenvalue weighted by molar-refractivity contribution is -0.149. The van der Waals surface area contributed by atoms with Gasteiger partial charge in [-0.1, -0.05) is 6.08 Å². The first-order valence-corrected chi connectivity index (χ1v) is 6.17. The molecule has 0 unspecified atom stereocenters. The molecule has 1 atom stereocenters. The Kier molecular flexibility index (Phi) is 3.90. The number of aliphatic hydroxyl groups excluding tert-OH is 2. The maximum absolute atomic E-state index is 9.19. The van der Waals surface area contributed by atoms with E-state index in [1.807, 2.05) is 6.92 Å². The van der Waals surface area contributed by atoms with E-state index in [0.29, 0.717) is 13.2 Å². The molecule has 0 aromatic carbocycles. The van der Waals surface area contributed by atoms with Gasteiger partial charge in [0, 0.05) is 11.1 Å². The Morgan fingerprint density at radius 1 is 1.59 bits per heavy atom. The molecule has 0 saturated carbocycles. The van der Waals surface area contributed by atoms with E-state index >= 15 is 0 Å². The molecule has 5 nitrogen and oxygen atoms in total. The monoisotopic (exact) mass is 257 g/mol.